The number of hydrogen-bond donors (Lipinski definition) is 1. The van der Waals surface area contributed by atoms with Crippen molar-refractivity contribution in [3.05, 3.63) is 22.4 Å². The van der Waals surface area contributed by atoms with Gasteiger partial charge in [-0.15, -0.1) is 11.3 Å². The van der Waals surface area contributed by atoms with Crippen molar-refractivity contribution in [2.24, 2.45) is 5.73 Å². The zero-order chi connectivity index (χ0) is 8.27. The third kappa shape index (κ3) is 2.02. The summed E-state index contributed by atoms with van der Waals surface area (Å²) < 4.78 is 5.24. The van der Waals surface area contributed by atoms with E-state index < -0.39 is 0 Å². The third-order valence-corrected chi connectivity index (χ3v) is 2.49. The van der Waals surface area contributed by atoms with Crippen LogP contribution < -0.4 is 5.73 Å². The molecule has 3 heteroatoms. The van der Waals surface area contributed by atoms with E-state index in [1.54, 1.807) is 18.4 Å². The highest BCUT2D eigenvalue weighted by Gasteiger charge is 2.15. The molecule has 0 saturated carbocycles. The lowest BCUT2D eigenvalue weighted by Gasteiger charge is -2.16. The predicted molar refractivity (Wildman–Crippen MR) is 47.7 cm³/mol. The first-order valence-electron chi connectivity index (χ1n) is 3.57. The van der Waals surface area contributed by atoms with E-state index in [1.807, 2.05) is 24.4 Å². The molecule has 0 aliphatic heterocycles. The lowest BCUT2D eigenvalue weighted by molar-refractivity contribution is 0.0882. The molecular weight excluding hydrogens is 158 g/mol. The predicted octanol–water partition coefficient (Wildman–Crippen LogP) is 1.78. The summed E-state index contributed by atoms with van der Waals surface area (Å²) in [6.07, 6.45) is 0.0509. The van der Waals surface area contributed by atoms with Gasteiger partial charge in [0, 0.05) is 18.0 Å². The fourth-order valence-corrected chi connectivity index (χ4v) is 1.96. The van der Waals surface area contributed by atoms with E-state index in [0.29, 0.717) is 0 Å². The molecule has 0 spiro atoms. The standard InChI is InChI=1S/C8H13NOS/c1-6(9)8(10-2)7-4-3-5-11-7/h3-6,8H,9H2,1-2H3. The molecule has 0 radical (unpaired) electrons. The Morgan fingerprint density at radius 1 is 1.64 bits per heavy atom. The van der Waals surface area contributed by atoms with E-state index in [-0.39, 0.29) is 12.1 Å². The van der Waals surface area contributed by atoms with Crippen LogP contribution in [0.3, 0.4) is 0 Å². The Kier molecular flexibility index (Phi) is 3.05. The molecule has 62 valence electrons. The van der Waals surface area contributed by atoms with Gasteiger partial charge < -0.3 is 10.5 Å². The van der Waals surface area contributed by atoms with Crippen molar-refractivity contribution in [2.75, 3.05) is 7.11 Å². The largest absolute Gasteiger partial charge is 0.374 e. The molecular formula is C8H13NOS. The van der Waals surface area contributed by atoms with Crippen LogP contribution in [-0.4, -0.2) is 13.2 Å². The molecule has 0 aromatic carbocycles. The van der Waals surface area contributed by atoms with Gasteiger partial charge in [-0.05, 0) is 18.4 Å². The van der Waals surface area contributed by atoms with Gasteiger partial charge in [-0.2, -0.15) is 0 Å². The van der Waals surface area contributed by atoms with Gasteiger partial charge in [-0.1, -0.05) is 6.07 Å². The topological polar surface area (TPSA) is 35.2 Å². The Labute approximate surface area is 71.0 Å². The van der Waals surface area contributed by atoms with Crippen LogP contribution in [0.25, 0.3) is 0 Å². The molecule has 2 nitrogen and oxygen atoms in total. The molecule has 0 aliphatic rings. The Morgan fingerprint density at radius 3 is 2.73 bits per heavy atom. The molecule has 0 saturated heterocycles. The molecule has 2 atom stereocenters. The molecule has 2 N–H and O–H groups in total. The zero-order valence-electron chi connectivity index (χ0n) is 6.78. The second-order valence-corrected chi connectivity index (χ2v) is 3.51. The van der Waals surface area contributed by atoms with Crippen LogP contribution in [-0.2, 0) is 4.74 Å². The van der Waals surface area contributed by atoms with E-state index in [4.69, 9.17) is 10.5 Å². The van der Waals surface area contributed by atoms with E-state index in [1.165, 1.54) is 4.88 Å². The van der Waals surface area contributed by atoms with Crippen LogP contribution in [0.1, 0.15) is 17.9 Å². The van der Waals surface area contributed by atoms with Crippen LogP contribution in [0, 0.1) is 0 Å². The van der Waals surface area contributed by atoms with Gasteiger partial charge in [0.05, 0.1) is 0 Å². The molecule has 1 heterocycles. The van der Waals surface area contributed by atoms with Crippen LogP contribution in [0.4, 0.5) is 0 Å². The Bertz CT molecular complexity index is 196. The lowest BCUT2D eigenvalue weighted by atomic mass is 10.2. The first-order valence-corrected chi connectivity index (χ1v) is 4.45. The number of rotatable bonds is 3. The van der Waals surface area contributed by atoms with Gasteiger partial charge in [-0.25, -0.2) is 0 Å². The fourth-order valence-electron chi connectivity index (χ4n) is 1.04. The van der Waals surface area contributed by atoms with Crippen molar-refractivity contribution in [3.63, 3.8) is 0 Å². The van der Waals surface area contributed by atoms with E-state index in [9.17, 15) is 0 Å². The van der Waals surface area contributed by atoms with Crippen LogP contribution in [0.15, 0.2) is 17.5 Å². The minimum absolute atomic E-state index is 0.0509. The minimum Gasteiger partial charge on any atom is -0.374 e. The third-order valence-electron chi connectivity index (χ3n) is 1.56. The van der Waals surface area contributed by atoms with Crippen LogP contribution in [0.5, 0.6) is 0 Å². The maximum atomic E-state index is 5.72. The van der Waals surface area contributed by atoms with Crippen LogP contribution in [0.2, 0.25) is 0 Å². The molecule has 1 aromatic heterocycles. The summed E-state index contributed by atoms with van der Waals surface area (Å²) in [6, 6.07) is 4.11. The maximum absolute atomic E-state index is 5.72. The maximum Gasteiger partial charge on any atom is 0.106 e. The summed E-state index contributed by atoms with van der Waals surface area (Å²) in [6.45, 7) is 1.95. The van der Waals surface area contributed by atoms with Gasteiger partial charge in [0.1, 0.15) is 6.10 Å². The first kappa shape index (κ1) is 8.71. The summed E-state index contributed by atoms with van der Waals surface area (Å²) in [4.78, 5) is 1.20. The quantitative estimate of drug-likeness (QED) is 0.752. The monoisotopic (exact) mass is 171 g/mol. The average Bonchev–Trinajstić information content (AvgIpc) is 2.40. The normalized spacial score (nSPS) is 16.3. The van der Waals surface area contributed by atoms with Crippen molar-refractivity contribution < 1.29 is 4.74 Å². The molecule has 0 amide bonds. The van der Waals surface area contributed by atoms with E-state index >= 15 is 0 Å². The minimum atomic E-state index is 0.0509. The van der Waals surface area contributed by atoms with E-state index in [2.05, 4.69) is 0 Å². The molecule has 11 heavy (non-hydrogen) atoms. The number of methoxy groups -OCH3 is 1. The van der Waals surface area contributed by atoms with Gasteiger partial charge >= 0.3 is 0 Å². The van der Waals surface area contributed by atoms with Gasteiger partial charge in [0.25, 0.3) is 0 Å². The first-order chi connectivity index (χ1) is 5.25. The summed E-state index contributed by atoms with van der Waals surface area (Å²) in [5, 5.41) is 2.03. The second kappa shape index (κ2) is 3.85. The fraction of sp³-hybridized carbons (Fsp3) is 0.500. The summed E-state index contributed by atoms with van der Waals surface area (Å²) in [7, 11) is 1.69. The van der Waals surface area contributed by atoms with Gasteiger partial charge in [-0.3, -0.25) is 0 Å². The van der Waals surface area contributed by atoms with Crippen LogP contribution >= 0.6 is 11.3 Å². The van der Waals surface area contributed by atoms with Crippen molar-refractivity contribution in [1.82, 2.24) is 0 Å². The number of nitrogens with two attached hydrogens (primary N) is 1. The summed E-state index contributed by atoms with van der Waals surface area (Å²) in [5.41, 5.74) is 5.72. The van der Waals surface area contributed by atoms with Gasteiger partial charge in [0.2, 0.25) is 0 Å². The highest BCUT2D eigenvalue weighted by atomic mass is 32.1. The van der Waals surface area contributed by atoms with E-state index in [0.717, 1.165) is 0 Å². The zero-order valence-corrected chi connectivity index (χ0v) is 7.60. The SMILES string of the molecule is COC(c1cccs1)C(C)N. The van der Waals surface area contributed by atoms with Crippen molar-refractivity contribution in [3.8, 4) is 0 Å². The smallest absolute Gasteiger partial charge is 0.106 e. The van der Waals surface area contributed by atoms with Crippen molar-refractivity contribution in [1.29, 1.82) is 0 Å². The highest BCUT2D eigenvalue weighted by molar-refractivity contribution is 7.10. The second-order valence-electron chi connectivity index (χ2n) is 2.53. The Hall–Kier alpha value is -0.380. The number of ether oxygens (including phenoxy) is 1. The molecule has 0 bridgehead atoms. The molecule has 0 aliphatic carbocycles. The number of hydrogen-bond acceptors (Lipinski definition) is 3. The Morgan fingerprint density at radius 2 is 2.36 bits per heavy atom. The average molecular weight is 171 g/mol. The Balaban J connectivity index is 2.71. The lowest BCUT2D eigenvalue weighted by Crippen LogP contribution is -2.25. The highest BCUT2D eigenvalue weighted by Crippen LogP contribution is 2.23. The number of thiophene rings is 1. The summed E-state index contributed by atoms with van der Waals surface area (Å²) >= 11 is 1.68. The van der Waals surface area contributed by atoms with Gasteiger partial charge in [0.15, 0.2) is 0 Å². The van der Waals surface area contributed by atoms with Crippen molar-refractivity contribution in [2.45, 2.75) is 19.1 Å². The summed E-state index contributed by atoms with van der Waals surface area (Å²) in [5.74, 6) is 0. The molecule has 2 unspecified atom stereocenters. The van der Waals surface area contributed by atoms with Crippen molar-refractivity contribution >= 4 is 11.3 Å². The molecule has 1 aromatic rings. The molecule has 1 rings (SSSR count). The molecule has 0 fully saturated rings.